The van der Waals surface area contributed by atoms with Gasteiger partial charge >= 0.3 is 0 Å². The fraction of sp³-hybridized carbons (Fsp3) is 0.263. The van der Waals surface area contributed by atoms with Crippen LogP contribution in [0.1, 0.15) is 73.4 Å². The molecular formula is C38H42O2. The highest BCUT2D eigenvalue weighted by Crippen LogP contribution is 2.29. The van der Waals surface area contributed by atoms with Crippen LogP contribution in [0.2, 0.25) is 0 Å². The molecule has 40 heavy (non-hydrogen) atoms. The van der Waals surface area contributed by atoms with Gasteiger partial charge in [-0.15, -0.1) is 0 Å². The highest BCUT2D eigenvalue weighted by molar-refractivity contribution is 5.66. The normalized spacial score (nSPS) is 12.2. The van der Waals surface area contributed by atoms with E-state index in [1.807, 2.05) is 36.4 Å². The van der Waals surface area contributed by atoms with Gasteiger partial charge in [0.25, 0.3) is 0 Å². The maximum absolute atomic E-state index is 6.42. The summed E-state index contributed by atoms with van der Waals surface area (Å²) >= 11 is 0. The Labute approximate surface area is 241 Å². The zero-order valence-corrected chi connectivity index (χ0v) is 24.7. The second-order valence-corrected chi connectivity index (χ2v) is 10.4. The van der Waals surface area contributed by atoms with Crippen LogP contribution in [-0.4, -0.2) is 0 Å². The fourth-order valence-electron chi connectivity index (χ4n) is 4.56. The summed E-state index contributed by atoms with van der Waals surface area (Å²) in [6.07, 6.45) is 7.21. The average molecular weight is 531 g/mol. The average Bonchev–Trinajstić information content (AvgIpc) is 2.99. The molecule has 0 amide bonds. The molecule has 4 rings (SSSR count). The summed E-state index contributed by atoms with van der Waals surface area (Å²) in [6, 6.07) is 34.1. The highest BCUT2D eigenvalue weighted by atomic mass is 16.5. The summed E-state index contributed by atoms with van der Waals surface area (Å²) < 4.78 is 12.8. The van der Waals surface area contributed by atoms with Gasteiger partial charge in [-0.2, -0.15) is 0 Å². The molecule has 0 aliphatic carbocycles. The van der Waals surface area contributed by atoms with Crippen molar-refractivity contribution in [3.05, 3.63) is 142 Å². The molecule has 0 aromatic heterocycles. The molecule has 0 fully saturated rings. The van der Waals surface area contributed by atoms with Gasteiger partial charge in [0.1, 0.15) is 23.0 Å². The van der Waals surface area contributed by atoms with Crippen molar-refractivity contribution < 1.29 is 9.47 Å². The third-order valence-electron chi connectivity index (χ3n) is 7.31. The van der Waals surface area contributed by atoms with Gasteiger partial charge < -0.3 is 9.47 Å². The van der Waals surface area contributed by atoms with Crippen LogP contribution >= 0.6 is 0 Å². The van der Waals surface area contributed by atoms with E-state index >= 15 is 0 Å². The van der Waals surface area contributed by atoms with Crippen molar-refractivity contribution in [1.29, 1.82) is 0 Å². The lowest BCUT2D eigenvalue weighted by molar-refractivity contribution is 0.504. The molecule has 0 spiro atoms. The Kier molecular flexibility index (Phi) is 10.4. The van der Waals surface area contributed by atoms with Gasteiger partial charge in [-0.1, -0.05) is 105 Å². The first-order valence-electron chi connectivity index (χ1n) is 14.5. The zero-order valence-electron chi connectivity index (χ0n) is 24.7. The molecule has 0 radical (unpaired) electrons. The molecule has 0 heterocycles. The monoisotopic (exact) mass is 530 g/mol. The van der Waals surface area contributed by atoms with E-state index in [4.69, 9.17) is 9.47 Å². The minimum atomic E-state index is 0.911. The molecule has 206 valence electrons. The Morgan fingerprint density at radius 2 is 1.12 bits per heavy atom. The number of para-hydroxylation sites is 2. The van der Waals surface area contributed by atoms with Crippen LogP contribution in [-0.2, 0) is 12.8 Å². The van der Waals surface area contributed by atoms with Crippen LogP contribution in [0.15, 0.2) is 109 Å². The minimum absolute atomic E-state index is 0.911. The van der Waals surface area contributed by atoms with Crippen molar-refractivity contribution in [3.8, 4) is 11.5 Å². The van der Waals surface area contributed by atoms with Crippen molar-refractivity contribution in [3.63, 3.8) is 0 Å². The van der Waals surface area contributed by atoms with Crippen LogP contribution in [0.25, 0.3) is 11.5 Å². The molecular weight excluding hydrogens is 488 g/mol. The number of aryl methyl sites for hydroxylation is 4. The minimum Gasteiger partial charge on any atom is -0.457 e. The fourth-order valence-corrected chi connectivity index (χ4v) is 4.56. The van der Waals surface area contributed by atoms with Gasteiger partial charge in [-0.3, -0.25) is 0 Å². The lowest BCUT2D eigenvalue weighted by Gasteiger charge is -2.16. The predicted molar refractivity (Wildman–Crippen MR) is 170 cm³/mol. The van der Waals surface area contributed by atoms with Crippen molar-refractivity contribution in [2.45, 2.75) is 66.7 Å². The molecule has 4 aromatic carbocycles. The molecule has 2 nitrogen and oxygen atoms in total. The van der Waals surface area contributed by atoms with E-state index in [1.54, 1.807) is 0 Å². The molecule has 0 N–H and O–H groups in total. The Morgan fingerprint density at radius 3 is 1.62 bits per heavy atom. The summed E-state index contributed by atoms with van der Waals surface area (Å²) in [7, 11) is 0. The second kappa shape index (κ2) is 14.4. The van der Waals surface area contributed by atoms with Crippen LogP contribution in [0.4, 0.5) is 0 Å². The molecule has 0 aliphatic rings. The SMILES string of the molecule is CCC/C=C(/Oc1ccccc1C)c1ccc(CCc2ccc(C(Oc3ccccc3C)=C(C)CC)cc2)cc1. The third kappa shape index (κ3) is 7.76. The van der Waals surface area contributed by atoms with Gasteiger partial charge in [-0.25, -0.2) is 0 Å². The van der Waals surface area contributed by atoms with Gasteiger partial charge in [-0.05, 0) is 92.5 Å². The van der Waals surface area contributed by atoms with Gasteiger partial charge in [0, 0.05) is 11.1 Å². The van der Waals surface area contributed by atoms with Gasteiger partial charge in [0.05, 0.1) is 0 Å². The van der Waals surface area contributed by atoms with Gasteiger partial charge in [0.15, 0.2) is 0 Å². The van der Waals surface area contributed by atoms with E-state index in [9.17, 15) is 0 Å². The van der Waals surface area contributed by atoms with Crippen LogP contribution in [0, 0.1) is 13.8 Å². The van der Waals surface area contributed by atoms with E-state index in [-0.39, 0.29) is 0 Å². The summed E-state index contributed by atoms with van der Waals surface area (Å²) in [5.41, 5.74) is 8.41. The van der Waals surface area contributed by atoms with E-state index in [2.05, 4.69) is 101 Å². The summed E-state index contributed by atoms with van der Waals surface area (Å²) in [6.45, 7) is 10.7. The quantitative estimate of drug-likeness (QED) is 0.170. The Morgan fingerprint density at radius 1 is 0.625 bits per heavy atom. The van der Waals surface area contributed by atoms with Crippen molar-refractivity contribution in [2.75, 3.05) is 0 Å². The molecule has 0 saturated heterocycles. The first-order chi connectivity index (χ1) is 19.5. The number of hydrogen-bond acceptors (Lipinski definition) is 2. The number of hydrogen-bond donors (Lipinski definition) is 0. The third-order valence-corrected chi connectivity index (χ3v) is 7.31. The molecule has 2 heteroatoms. The molecule has 0 unspecified atom stereocenters. The zero-order chi connectivity index (χ0) is 28.3. The molecule has 4 aromatic rings. The molecule has 0 atom stereocenters. The number of unbranched alkanes of at least 4 members (excludes halogenated alkanes) is 1. The number of benzene rings is 4. The largest absolute Gasteiger partial charge is 0.457 e. The van der Waals surface area contributed by atoms with Crippen molar-refractivity contribution in [2.24, 2.45) is 0 Å². The summed E-state index contributed by atoms with van der Waals surface area (Å²) in [5.74, 6) is 3.71. The van der Waals surface area contributed by atoms with Crippen LogP contribution in [0.5, 0.6) is 11.5 Å². The Balaban J connectivity index is 1.42. The highest BCUT2D eigenvalue weighted by Gasteiger charge is 2.11. The van der Waals surface area contributed by atoms with Gasteiger partial charge in [0.2, 0.25) is 0 Å². The van der Waals surface area contributed by atoms with E-state index in [0.717, 1.165) is 77.4 Å². The molecule has 0 aliphatic heterocycles. The summed E-state index contributed by atoms with van der Waals surface area (Å²) in [5, 5.41) is 0. The topological polar surface area (TPSA) is 18.5 Å². The van der Waals surface area contributed by atoms with E-state index in [1.165, 1.54) is 16.7 Å². The van der Waals surface area contributed by atoms with Crippen molar-refractivity contribution >= 4 is 11.5 Å². The standard InChI is InChI=1S/C38H42O2/c1-6-8-15-37(39-35-16-11-9-13-29(35)4)33-24-20-31(21-25-33)18-19-32-22-26-34(27-23-32)38(28(3)7-2)40-36-17-12-10-14-30(36)5/h9-17,20-27H,6-8,18-19H2,1-5H3/b37-15+,38-28?. The lowest BCUT2D eigenvalue weighted by atomic mass is 10.0. The summed E-state index contributed by atoms with van der Waals surface area (Å²) in [4.78, 5) is 0. The number of allylic oxidation sites excluding steroid dienone is 2. The van der Waals surface area contributed by atoms with E-state index < -0.39 is 0 Å². The van der Waals surface area contributed by atoms with Crippen LogP contribution < -0.4 is 9.47 Å². The maximum atomic E-state index is 6.42. The second-order valence-electron chi connectivity index (χ2n) is 10.4. The molecule has 0 bridgehead atoms. The maximum Gasteiger partial charge on any atom is 0.133 e. The smallest absolute Gasteiger partial charge is 0.133 e. The first kappa shape index (κ1) is 29.0. The van der Waals surface area contributed by atoms with Crippen LogP contribution in [0.3, 0.4) is 0 Å². The number of ether oxygens (including phenoxy) is 2. The lowest BCUT2D eigenvalue weighted by Crippen LogP contribution is -2.00. The van der Waals surface area contributed by atoms with E-state index in [0.29, 0.717) is 0 Å². The first-order valence-corrected chi connectivity index (χ1v) is 14.5. The Bertz CT molecular complexity index is 1440. The predicted octanol–water partition coefficient (Wildman–Crippen LogP) is 10.5. The van der Waals surface area contributed by atoms with Crippen molar-refractivity contribution in [1.82, 2.24) is 0 Å². The Hall–Kier alpha value is -4.04. The number of rotatable bonds is 12. The molecule has 0 saturated carbocycles.